The fourth-order valence-electron chi connectivity index (χ4n) is 1.50. The van der Waals surface area contributed by atoms with Crippen LogP contribution in [-0.2, 0) is 0 Å². The summed E-state index contributed by atoms with van der Waals surface area (Å²) in [6, 6.07) is 6.18. The molecule has 90 valence electrons. The molecule has 0 unspecified atom stereocenters. The molecule has 5 N–H and O–H groups in total. The van der Waals surface area contributed by atoms with Crippen molar-refractivity contribution in [3.63, 3.8) is 0 Å². The quantitative estimate of drug-likeness (QED) is 0.716. The second-order valence-electron chi connectivity index (χ2n) is 3.47. The molecule has 0 spiro atoms. The zero-order valence-corrected chi connectivity index (χ0v) is 9.81. The highest BCUT2D eigenvalue weighted by molar-refractivity contribution is 6.33. The van der Waals surface area contributed by atoms with Gasteiger partial charge in [-0.2, -0.15) is 10.2 Å². The van der Waals surface area contributed by atoms with E-state index in [1.165, 1.54) is 18.2 Å². The predicted octanol–water partition coefficient (Wildman–Crippen LogP) is 1.54. The third-order valence-electron chi connectivity index (χ3n) is 2.27. The normalized spacial score (nSPS) is 10.0. The average molecular weight is 262 g/mol. The Labute approximate surface area is 107 Å². The molecule has 0 saturated carbocycles. The van der Waals surface area contributed by atoms with Gasteiger partial charge < -0.3 is 16.6 Å². The van der Waals surface area contributed by atoms with Crippen molar-refractivity contribution in [3.05, 3.63) is 28.8 Å². The molecule has 0 fully saturated rings. The molecule has 0 aliphatic heterocycles. The Morgan fingerprint density at radius 2 is 2.00 bits per heavy atom. The van der Waals surface area contributed by atoms with Gasteiger partial charge in [0, 0.05) is 5.56 Å². The lowest BCUT2D eigenvalue weighted by atomic mass is 10.1. The summed E-state index contributed by atoms with van der Waals surface area (Å²) in [7, 11) is 0. The van der Waals surface area contributed by atoms with Crippen molar-refractivity contribution < 1.29 is 5.11 Å². The highest BCUT2D eigenvalue weighted by atomic mass is 35.5. The van der Waals surface area contributed by atoms with Crippen molar-refractivity contribution >= 4 is 23.4 Å². The first-order valence-corrected chi connectivity index (χ1v) is 5.22. The number of phenols is 1. The standard InChI is InChI=1S/C11H8ClN5O/c12-8-2-1-5(18)3-6(8)9-7(4-13)10(14)17-11(15)16-9/h1-3,18H,(H4,14,15,16,17). The number of nitrogens with zero attached hydrogens (tertiary/aromatic N) is 3. The van der Waals surface area contributed by atoms with Crippen LogP contribution in [0.25, 0.3) is 11.3 Å². The van der Waals surface area contributed by atoms with E-state index in [9.17, 15) is 5.11 Å². The fraction of sp³-hybridized carbons (Fsp3) is 0. The molecule has 1 aromatic carbocycles. The van der Waals surface area contributed by atoms with Crippen LogP contribution >= 0.6 is 11.6 Å². The number of hydrogen-bond donors (Lipinski definition) is 3. The Kier molecular flexibility index (Phi) is 2.92. The monoisotopic (exact) mass is 261 g/mol. The SMILES string of the molecule is N#Cc1c(N)nc(N)nc1-c1cc(O)ccc1Cl. The van der Waals surface area contributed by atoms with E-state index in [1.54, 1.807) is 0 Å². The van der Waals surface area contributed by atoms with Gasteiger partial charge in [-0.3, -0.25) is 0 Å². The number of halogens is 1. The van der Waals surface area contributed by atoms with Crippen LogP contribution in [0, 0.1) is 11.3 Å². The Bertz CT molecular complexity index is 665. The molecule has 0 saturated heterocycles. The summed E-state index contributed by atoms with van der Waals surface area (Å²) in [6.45, 7) is 0. The number of nitrogen functional groups attached to an aromatic ring is 2. The van der Waals surface area contributed by atoms with Gasteiger partial charge in [-0.15, -0.1) is 0 Å². The van der Waals surface area contributed by atoms with Crippen molar-refractivity contribution in [3.8, 4) is 23.1 Å². The van der Waals surface area contributed by atoms with Crippen LogP contribution < -0.4 is 11.5 Å². The Hall–Kier alpha value is -2.52. The zero-order chi connectivity index (χ0) is 13.3. The van der Waals surface area contributed by atoms with Crippen LogP contribution in [-0.4, -0.2) is 15.1 Å². The molecule has 0 aliphatic rings. The minimum absolute atomic E-state index is 0.00551. The number of phenolic OH excluding ortho intramolecular Hbond substituents is 1. The Morgan fingerprint density at radius 1 is 1.28 bits per heavy atom. The van der Waals surface area contributed by atoms with Gasteiger partial charge in [0.1, 0.15) is 23.2 Å². The molecule has 1 heterocycles. The summed E-state index contributed by atoms with van der Waals surface area (Å²) in [5, 5.41) is 18.8. The second kappa shape index (κ2) is 4.39. The summed E-state index contributed by atoms with van der Waals surface area (Å²) in [5.74, 6) is -0.102. The molecule has 0 aliphatic carbocycles. The number of aromatic nitrogens is 2. The molecule has 1 aromatic heterocycles. The van der Waals surface area contributed by atoms with Crippen LogP contribution in [0.2, 0.25) is 5.02 Å². The molecule has 7 heteroatoms. The summed E-state index contributed by atoms with van der Waals surface area (Å²) < 4.78 is 0. The van der Waals surface area contributed by atoms with Gasteiger partial charge >= 0.3 is 0 Å². The van der Waals surface area contributed by atoms with Gasteiger partial charge in [0.05, 0.1) is 10.7 Å². The number of benzene rings is 1. The third-order valence-corrected chi connectivity index (χ3v) is 2.60. The number of aromatic hydroxyl groups is 1. The molecule has 0 amide bonds. The topological polar surface area (TPSA) is 122 Å². The zero-order valence-electron chi connectivity index (χ0n) is 9.05. The van der Waals surface area contributed by atoms with Crippen LogP contribution in [0.4, 0.5) is 11.8 Å². The van der Waals surface area contributed by atoms with Crippen LogP contribution in [0.3, 0.4) is 0 Å². The van der Waals surface area contributed by atoms with Gasteiger partial charge in [-0.25, -0.2) is 4.98 Å². The Morgan fingerprint density at radius 3 is 2.67 bits per heavy atom. The average Bonchev–Trinajstić information content (AvgIpc) is 2.31. The maximum Gasteiger partial charge on any atom is 0.222 e. The molecule has 6 nitrogen and oxygen atoms in total. The Balaban J connectivity index is 2.78. The van der Waals surface area contributed by atoms with Crippen LogP contribution in [0.1, 0.15) is 5.56 Å². The minimum Gasteiger partial charge on any atom is -0.508 e. The fourth-order valence-corrected chi connectivity index (χ4v) is 1.70. The molecule has 0 bridgehead atoms. The van der Waals surface area contributed by atoms with Gasteiger partial charge in [-0.05, 0) is 18.2 Å². The molecular formula is C11H8ClN5O. The summed E-state index contributed by atoms with van der Waals surface area (Å²) in [5.41, 5.74) is 11.7. The van der Waals surface area contributed by atoms with Gasteiger partial charge in [0.25, 0.3) is 0 Å². The van der Waals surface area contributed by atoms with E-state index in [-0.39, 0.29) is 28.8 Å². The lowest BCUT2D eigenvalue weighted by Gasteiger charge is -2.08. The maximum absolute atomic E-state index is 9.45. The number of nitriles is 1. The first-order chi connectivity index (χ1) is 8.52. The molecule has 0 radical (unpaired) electrons. The summed E-state index contributed by atoms with van der Waals surface area (Å²) >= 11 is 6.00. The first-order valence-electron chi connectivity index (χ1n) is 4.85. The second-order valence-corrected chi connectivity index (χ2v) is 3.87. The van der Waals surface area contributed by atoms with E-state index in [0.717, 1.165) is 0 Å². The van der Waals surface area contributed by atoms with E-state index in [2.05, 4.69) is 9.97 Å². The first kappa shape index (κ1) is 12.0. The van der Waals surface area contributed by atoms with Gasteiger partial charge in [0.15, 0.2) is 0 Å². The van der Waals surface area contributed by atoms with Crippen molar-refractivity contribution in [2.45, 2.75) is 0 Å². The van der Waals surface area contributed by atoms with Crippen molar-refractivity contribution in [1.82, 2.24) is 9.97 Å². The highest BCUT2D eigenvalue weighted by Gasteiger charge is 2.16. The summed E-state index contributed by atoms with van der Waals surface area (Å²) in [4.78, 5) is 7.64. The lowest BCUT2D eigenvalue weighted by molar-refractivity contribution is 0.475. The van der Waals surface area contributed by atoms with Crippen LogP contribution in [0.15, 0.2) is 18.2 Å². The van der Waals surface area contributed by atoms with E-state index >= 15 is 0 Å². The van der Waals surface area contributed by atoms with Crippen molar-refractivity contribution in [1.29, 1.82) is 5.26 Å². The van der Waals surface area contributed by atoms with E-state index in [0.29, 0.717) is 10.6 Å². The molecule has 2 aromatic rings. The van der Waals surface area contributed by atoms with Crippen molar-refractivity contribution in [2.75, 3.05) is 11.5 Å². The molecular weight excluding hydrogens is 254 g/mol. The van der Waals surface area contributed by atoms with Gasteiger partial charge in [-0.1, -0.05) is 11.6 Å². The number of nitrogens with two attached hydrogens (primary N) is 2. The number of hydrogen-bond acceptors (Lipinski definition) is 6. The largest absolute Gasteiger partial charge is 0.508 e. The molecule has 0 atom stereocenters. The van der Waals surface area contributed by atoms with E-state index in [1.807, 2.05) is 6.07 Å². The maximum atomic E-state index is 9.45. The van der Waals surface area contributed by atoms with Crippen LogP contribution in [0.5, 0.6) is 5.75 Å². The van der Waals surface area contributed by atoms with Crippen molar-refractivity contribution in [2.24, 2.45) is 0 Å². The minimum atomic E-state index is -0.0686. The van der Waals surface area contributed by atoms with E-state index < -0.39 is 0 Å². The predicted molar refractivity (Wildman–Crippen MR) is 67.7 cm³/mol. The van der Waals surface area contributed by atoms with Gasteiger partial charge in [0.2, 0.25) is 5.95 Å². The molecule has 2 rings (SSSR count). The lowest BCUT2D eigenvalue weighted by Crippen LogP contribution is -2.05. The smallest absolute Gasteiger partial charge is 0.222 e. The third kappa shape index (κ3) is 1.99. The highest BCUT2D eigenvalue weighted by Crippen LogP contribution is 2.33. The summed E-state index contributed by atoms with van der Waals surface area (Å²) in [6.07, 6.45) is 0. The number of rotatable bonds is 1. The van der Waals surface area contributed by atoms with E-state index in [4.69, 9.17) is 28.3 Å². The molecule has 18 heavy (non-hydrogen) atoms. The number of anilines is 2.